The van der Waals surface area contributed by atoms with Crippen molar-refractivity contribution in [1.29, 1.82) is 0 Å². The van der Waals surface area contributed by atoms with E-state index in [2.05, 4.69) is 27.0 Å². The Kier molecular flexibility index (Phi) is 5.40. The van der Waals surface area contributed by atoms with Gasteiger partial charge >= 0.3 is 0 Å². The Balaban J connectivity index is 1.70. The molecular formula is C17H20ClN5O2. The van der Waals surface area contributed by atoms with Crippen LogP contribution in [0.3, 0.4) is 0 Å². The molecule has 0 spiro atoms. The number of methoxy groups -OCH3 is 1. The van der Waals surface area contributed by atoms with Crippen LogP contribution in [0, 0.1) is 6.92 Å². The number of benzene rings is 2. The largest absolute Gasteiger partial charge is 0.495 e. The second-order valence-electron chi connectivity index (χ2n) is 5.71. The molecule has 2 aromatic rings. The summed E-state index contributed by atoms with van der Waals surface area (Å²) in [5.41, 5.74) is 11.3. The Morgan fingerprint density at radius 2 is 1.92 bits per heavy atom. The maximum absolute atomic E-state index is 12.7. The molecule has 8 heteroatoms. The number of rotatable bonds is 5. The fourth-order valence-electron chi connectivity index (χ4n) is 2.52. The lowest BCUT2D eigenvalue weighted by atomic mass is 10.2. The summed E-state index contributed by atoms with van der Waals surface area (Å²) in [5, 5.41) is 6.62. The van der Waals surface area contributed by atoms with Crippen molar-refractivity contribution in [2.24, 2.45) is 0 Å². The van der Waals surface area contributed by atoms with Crippen LogP contribution < -0.4 is 31.8 Å². The van der Waals surface area contributed by atoms with Crippen LogP contribution >= 0.6 is 11.6 Å². The minimum Gasteiger partial charge on any atom is -0.495 e. The van der Waals surface area contributed by atoms with Gasteiger partial charge in [-0.05, 0) is 37.3 Å². The SMILES string of the molecule is COc1ccc(Cl)cc1NC(=O)C1NNNC1Nc1ccc(C)cc1. The van der Waals surface area contributed by atoms with Gasteiger partial charge in [0, 0.05) is 10.7 Å². The van der Waals surface area contributed by atoms with Crippen molar-refractivity contribution in [3.05, 3.63) is 53.1 Å². The van der Waals surface area contributed by atoms with E-state index in [0.717, 1.165) is 5.69 Å². The molecule has 1 amide bonds. The molecule has 1 fully saturated rings. The molecule has 1 aliphatic heterocycles. The first-order chi connectivity index (χ1) is 12.1. The van der Waals surface area contributed by atoms with E-state index in [-0.39, 0.29) is 12.1 Å². The number of anilines is 2. The molecule has 1 aliphatic rings. The fourth-order valence-corrected chi connectivity index (χ4v) is 2.69. The van der Waals surface area contributed by atoms with Gasteiger partial charge in [-0.15, -0.1) is 0 Å². The minimum atomic E-state index is -0.551. The first-order valence-corrected chi connectivity index (χ1v) is 8.18. The Morgan fingerprint density at radius 3 is 2.64 bits per heavy atom. The fraction of sp³-hybridized carbons (Fsp3) is 0.235. The third-order valence-corrected chi connectivity index (χ3v) is 4.10. The van der Waals surface area contributed by atoms with Crippen molar-refractivity contribution in [2.45, 2.75) is 19.1 Å². The lowest BCUT2D eigenvalue weighted by Crippen LogP contribution is -2.47. The summed E-state index contributed by atoms with van der Waals surface area (Å²) in [6.07, 6.45) is -0.340. The number of hydrazine groups is 2. The van der Waals surface area contributed by atoms with Gasteiger partial charge in [0.25, 0.3) is 0 Å². The van der Waals surface area contributed by atoms with E-state index in [9.17, 15) is 4.79 Å². The van der Waals surface area contributed by atoms with E-state index >= 15 is 0 Å². The quantitative estimate of drug-likeness (QED) is 0.560. The van der Waals surface area contributed by atoms with Gasteiger partial charge < -0.3 is 15.4 Å². The zero-order valence-corrected chi connectivity index (χ0v) is 14.6. The molecule has 2 atom stereocenters. The maximum atomic E-state index is 12.7. The third-order valence-electron chi connectivity index (χ3n) is 3.86. The maximum Gasteiger partial charge on any atom is 0.246 e. The molecule has 1 saturated heterocycles. The van der Waals surface area contributed by atoms with Crippen LogP contribution in [0.25, 0.3) is 0 Å². The normalized spacial score (nSPS) is 19.5. The van der Waals surface area contributed by atoms with Crippen LogP contribution in [-0.4, -0.2) is 25.2 Å². The molecule has 0 aliphatic carbocycles. The Labute approximate surface area is 151 Å². The van der Waals surface area contributed by atoms with Crippen molar-refractivity contribution in [3.8, 4) is 5.75 Å². The summed E-state index contributed by atoms with van der Waals surface area (Å²) in [4.78, 5) is 12.7. The summed E-state index contributed by atoms with van der Waals surface area (Å²) < 4.78 is 5.26. The number of aryl methyl sites for hydroxylation is 1. The van der Waals surface area contributed by atoms with Gasteiger partial charge in [0.05, 0.1) is 12.8 Å². The van der Waals surface area contributed by atoms with Crippen molar-refractivity contribution in [2.75, 3.05) is 17.7 Å². The number of halogens is 1. The van der Waals surface area contributed by atoms with E-state index in [1.807, 2.05) is 31.2 Å². The average molecular weight is 362 g/mol. The zero-order chi connectivity index (χ0) is 17.8. The predicted molar refractivity (Wildman–Crippen MR) is 98.4 cm³/mol. The smallest absolute Gasteiger partial charge is 0.246 e. The molecule has 3 rings (SSSR count). The number of ether oxygens (including phenoxy) is 1. The van der Waals surface area contributed by atoms with Gasteiger partial charge in [-0.1, -0.05) is 29.3 Å². The van der Waals surface area contributed by atoms with E-state index < -0.39 is 6.04 Å². The topological polar surface area (TPSA) is 86.5 Å². The highest BCUT2D eigenvalue weighted by molar-refractivity contribution is 6.31. The van der Waals surface area contributed by atoms with Crippen LogP contribution in [0.1, 0.15) is 5.56 Å². The molecular weight excluding hydrogens is 342 g/mol. The molecule has 0 saturated carbocycles. The summed E-state index contributed by atoms with van der Waals surface area (Å²) in [6.45, 7) is 2.02. The lowest BCUT2D eigenvalue weighted by Gasteiger charge is -2.20. The van der Waals surface area contributed by atoms with Gasteiger partial charge in [-0.2, -0.15) is 5.53 Å². The first-order valence-electron chi connectivity index (χ1n) is 7.80. The van der Waals surface area contributed by atoms with Crippen molar-refractivity contribution in [1.82, 2.24) is 16.4 Å². The number of nitrogens with one attached hydrogen (secondary N) is 5. The highest BCUT2D eigenvalue weighted by Crippen LogP contribution is 2.28. The molecule has 0 bridgehead atoms. The number of carbonyl (C=O) groups is 1. The molecule has 132 valence electrons. The summed E-state index contributed by atoms with van der Waals surface area (Å²) in [6, 6.07) is 12.4. The molecule has 2 aromatic carbocycles. The second kappa shape index (κ2) is 7.71. The highest BCUT2D eigenvalue weighted by atomic mass is 35.5. The molecule has 5 N–H and O–H groups in total. The van der Waals surface area contributed by atoms with E-state index in [1.165, 1.54) is 12.7 Å². The Hall–Kier alpha value is -2.32. The highest BCUT2D eigenvalue weighted by Gasteiger charge is 2.33. The van der Waals surface area contributed by atoms with Crippen LogP contribution in [-0.2, 0) is 4.79 Å². The number of hydrogen-bond acceptors (Lipinski definition) is 6. The van der Waals surface area contributed by atoms with Crippen LogP contribution in [0.5, 0.6) is 5.75 Å². The number of carbonyl (C=O) groups excluding carboxylic acids is 1. The molecule has 1 heterocycles. The zero-order valence-electron chi connectivity index (χ0n) is 13.9. The molecule has 2 unspecified atom stereocenters. The van der Waals surface area contributed by atoms with Crippen molar-refractivity contribution < 1.29 is 9.53 Å². The average Bonchev–Trinajstić information content (AvgIpc) is 3.05. The number of hydrogen-bond donors (Lipinski definition) is 5. The second-order valence-corrected chi connectivity index (χ2v) is 6.15. The first kappa shape index (κ1) is 17.5. The minimum absolute atomic E-state index is 0.234. The summed E-state index contributed by atoms with van der Waals surface area (Å²) in [7, 11) is 1.54. The van der Waals surface area contributed by atoms with E-state index in [1.54, 1.807) is 18.2 Å². The van der Waals surface area contributed by atoms with Gasteiger partial charge in [0.15, 0.2) is 0 Å². The third kappa shape index (κ3) is 4.21. The molecule has 0 radical (unpaired) electrons. The monoisotopic (exact) mass is 361 g/mol. The van der Waals surface area contributed by atoms with Crippen LogP contribution in [0.4, 0.5) is 11.4 Å². The predicted octanol–water partition coefficient (Wildman–Crippen LogP) is 2.01. The summed E-state index contributed by atoms with van der Waals surface area (Å²) in [5.74, 6) is 0.308. The van der Waals surface area contributed by atoms with Gasteiger partial charge in [0.1, 0.15) is 18.0 Å². The van der Waals surface area contributed by atoms with Crippen molar-refractivity contribution in [3.63, 3.8) is 0 Å². The lowest BCUT2D eigenvalue weighted by molar-refractivity contribution is -0.118. The van der Waals surface area contributed by atoms with Crippen molar-refractivity contribution >= 4 is 28.9 Å². The Bertz CT molecular complexity index is 753. The van der Waals surface area contributed by atoms with Gasteiger partial charge in [-0.25, -0.2) is 10.9 Å². The Morgan fingerprint density at radius 1 is 1.16 bits per heavy atom. The molecule has 0 aromatic heterocycles. The standard InChI is InChI=1S/C17H20ClN5O2/c1-10-3-6-12(7-4-10)19-16-15(21-23-22-16)17(24)20-13-9-11(18)5-8-14(13)25-2/h3-9,15-16,19,21-23H,1-2H3,(H,20,24). The van der Waals surface area contributed by atoms with Gasteiger partial charge in [0.2, 0.25) is 5.91 Å². The molecule has 25 heavy (non-hydrogen) atoms. The van der Waals surface area contributed by atoms with Crippen LogP contribution in [0.2, 0.25) is 5.02 Å². The van der Waals surface area contributed by atoms with E-state index in [0.29, 0.717) is 16.5 Å². The van der Waals surface area contributed by atoms with Gasteiger partial charge in [-0.3, -0.25) is 4.79 Å². The van der Waals surface area contributed by atoms with Crippen LogP contribution in [0.15, 0.2) is 42.5 Å². The summed E-state index contributed by atoms with van der Waals surface area (Å²) >= 11 is 6.01. The molecule has 7 nitrogen and oxygen atoms in total. The van der Waals surface area contributed by atoms with E-state index in [4.69, 9.17) is 16.3 Å². The number of amides is 1.